The first-order chi connectivity index (χ1) is 10.6. The monoisotopic (exact) mass is 292 g/mol. The summed E-state index contributed by atoms with van der Waals surface area (Å²) < 4.78 is 5.40. The molecule has 0 bridgehead atoms. The topological polar surface area (TPSA) is 52.1 Å². The molecule has 0 aliphatic carbocycles. The summed E-state index contributed by atoms with van der Waals surface area (Å²) in [5, 5.41) is 0. The van der Waals surface area contributed by atoms with Crippen LogP contribution in [-0.4, -0.2) is 15.9 Å². The molecule has 0 aliphatic rings. The number of hydrogen-bond acceptors (Lipinski definition) is 4. The molecule has 4 nitrogen and oxygen atoms in total. The highest BCUT2D eigenvalue weighted by Crippen LogP contribution is 2.21. The number of aromatic nitrogens is 2. The van der Waals surface area contributed by atoms with E-state index in [1.807, 2.05) is 42.5 Å². The lowest BCUT2D eigenvalue weighted by molar-refractivity contribution is 0.0728. The van der Waals surface area contributed by atoms with Gasteiger partial charge in [0.2, 0.25) is 0 Å². The van der Waals surface area contributed by atoms with Crippen molar-refractivity contribution in [3.63, 3.8) is 0 Å². The van der Waals surface area contributed by atoms with Gasteiger partial charge in [0.1, 0.15) is 5.75 Å². The molecule has 0 atom stereocenters. The fourth-order valence-electron chi connectivity index (χ4n) is 2.15. The van der Waals surface area contributed by atoms with Gasteiger partial charge < -0.3 is 4.74 Å². The standard InChI is InChI=1S/C18H16N2O2/c1-12(2)13-6-5-7-14(10-13)22-18(21)17-11-19-15-8-3-4-9-16(15)20-17/h3-12H,1-2H3. The SMILES string of the molecule is CC(C)c1cccc(OC(=O)c2cnc3ccccc3n2)c1. The van der Waals surface area contributed by atoms with Crippen LogP contribution >= 0.6 is 0 Å². The molecule has 0 saturated carbocycles. The van der Waals surface area contributed by atoms with Gasteiger partial charge in [-0.15, -0.1) is 0 Å². The molecule has 3 rings (SSSR count). The lowest BCUT2D eigenvalue weighted by Crippen LogP contribution is -2.11. The molecule has 3 aromatic rings. The van der Waals surface area contributed by atoms with Crippen molar-refractivity contribution in [3.05, 3.63) is 66.0 Å². The zero-order valence-electron chi connectivity index (χ0n) is 12.5. The van der Waals surface area contributed by atoms with Crippen LogP contribution in [0.25, 0.3) is 11.0 Å². The number of carbonyl (C=O) groups is 1. The number of carbonyl (C=O) groups excluding carboxylic acids is 1. The van der Waals surface area contributed by atoms with Gasteiger partial charge in [-0.1, -0.05) is 38.1 Å². The Morgan fingerprint density at radius 1 is 1.05 bits per heavy atom. The number of para-hydroxylation sites is 2. The van der Waals surface area contributed by atoms with Crippen LogP contribution in [-0.2, 0) is 0 Å². The smallest absolute Gasteiger partial charge is 0.363 e. The van der Waals surface area contributed by atoms with Crippen LogP contribution in [0.2, 0.25) is 0 Å². The molecule has 0 amide bonds. The average molecular weight is 292 g/mol. The molecule has 0 radical (unpaired) electrons. The zero-order valence-corrected chi connectivity index (χ0v) is 12.5. The molecule has 0 fully saturated rings. The number of fused-ring (bicyclic) bond motifs is 1. The molecule has 2 aromatic carbocycles. The van der Waals surface area contributed by atoms with Gasteiger partial charge in [-0.2, -0.15) is 0 Å². The molecule has 1 heterocycles. The summed E-state index contributed by atoms with van der Waals surface area (Å²) in [5.41, 5.74) is 2.75. The van der Waals surface area contributed by atoms with Crippen molar-refractivity contribution in [1.82, 2.24) is 9.97 Å². The van der Waals surface area contributed by atoms with Gasteiger partial charge in [0.05, 0.1) is 17.2 Å². The molecule has 0 unspecified atom stereocenters. The second kappa shape index (κ2) is 5.93. The molecule has 0 aliphatic heterocycles. The van der Waals surface area contributed by atoms with Gasteiger partial charge in [0.15, 0.2) is 5.69 Å². The number of benzene rings is 2. The van der Waals surface area contributed by atoms with E-state index in [1.54, 1.807) is 6.07 Å². The lowest BCUT2D eigenvalue weighted by Gasteiger charge is -2.08. The Kier molecular flexibility index (Phi) is 3.83. The molecular formula is C18H16N2O2. The third kappa shape index (κ3) is 2.96. The van der Waals surface area contributed by atoms with Crippen molar-refractivity contribution in [2.45, 2.75) is 19.8 Å². The number of nitrogens with zero attached hydrogens (tertiary/aromatic N) is 2. The normalized spacial score (nSPS) is 10.9. The first-order valence-corrected chi connectivity index (χ1v) is 7.17. The average Bonchev–Trinajstić information content (AvgIpc) is 2.54. The largest absolute Gasteiger partial charge is 0.422 e. The van der Waals surface area contributed by atoms with Crippen LogP contribution in [0, 0.1) is 0 Å². The van der Waals surface area contributed by atoms with Gasteiger partial charge >= 0.3 is 5.97 Å². The Morgan fingerprint density at radius 3 is 2.59 bits per heavy atom. The second-order valence-corrected chi connectivity index (χ2v) is 5.36. The molecule has 4 heteroatoms. The van der Waals surface area contributed by atoms with Crippen LogP contribution in [0.15, 0.2) is 54.7 Å². The Balaban J connectivity index is 1.85. The quantitative estimate of drug-likeness (QED) is 0.541. The number of hydrogen-bond donors (Lipinski definition) is 0. The minimum atomic E-state index is -0.501. The number of esters is 1. The zero-order chi connectivity index (χ0) is 15.5. The Morgan fingerprint density at radius 2 is 1.82 bits per heavy atom. The molecule has 110 valence electrons. The van der Waals surface area contributed by atoms with Crippen molar-refractivity contribution >= 4 is 17.0 Å². The Hall–Kier alpha value is -2.75. The van der Waals surface area contributed by atoms with E-state index in [9.17, 15) is 4.79 Å². The molecular weight excluding hydrogens is 276 g/mol. The molecule has 0 spiro atoms. The highest BCUT2D eigenvalue weighted by atomic mass is 16.5. The van der Waals surface area contributed by atoms with Crippen molar-refractivity contribution in [2.24, 2.45) is 0 Å². The van der Waals surface area contributed by atoms with Crippen LogP contribution in [0.5, 0.6) is 5.75 Å². The summed E-state index contributed by atoms with van der Waals surface area (Å²) >= 11 is 0. The molecule has 0 N–H and O–H groups in total. The van der Waals surface area contributed by atoms with E-state index in [0.29, 0.717) is 17.2 Å². The van der Waals surface area contributed by atoms with E-state index in [-0.39, 0.29) is 5.69 Å². The highest BCUT2D eigenvalue weighted by molar-refractivity contribution is 5.90. The fourth-order valence-corrected chi connectivity index (χ4v) is 2.15. The predicted octanol–water partition coefficient (Wildman–Crippen LogP) is 3.97. The number of ether oxygens (including phenoxy) is 1. The molecule has 22 heavy (non-hydrogen) atoms. The maximum Gasteiger partial charge on any atom is 0.363 e. The maximum absolute atomic E-state index is 12.2. The summed E-state index contributed by atoms with van der Waals surface area (Å²) in [5.74, 6) is 0.393. The second-order valence-electron chi connectivity index (χ2n) is 5.36. The van der Waals surface area contributed by atoms with Crippen LogP contribution in [0.4, 0.5) is 0 Å². The van der Waals surface area contributed by atoms with Gasteiger partial charge in [0, 0.05) is 0 Å². The van der Waals surface area contributed by atoms with E-state index in [2.05, 4.69) is 23.8 Å². The van der Waals surface area contributed by atoms with Crippen LogP contribution < -0.4 is 4.74 Å². The van der Waals surface area contributed by atoms with E-state index < -0.39 is 5.97 Å². The maximum atomic E-state index is 12.2. The molecule has 0 saturated heterocycles. The van der Waals surface area contributed by atoms with E-state index in [4.69, 9.17) is 4.74 Å². The first-order valence-electron chi connectivity index (χ1n) is 7.17. The van der Waals surface area contributed by atoms with E-state index >= 15 is 0 Å². The van der Waals surface area contributed by atoms with Crippen molar-refractivity contribution in [1.29, 1.82) is 0 Å². The minimum absolute atomic E-state index is 0.202. The summed E-state index contributed by atoms with van der Waals surface area (Å²) in [6.45, 7) is 4.19. The summed E-state index contributed by atoms with van der Waals surface area (Å²) in [6, 6.07) is 14.9. The fraction of sp³-hybridized carbons (Fsp3) is 0.167. The van der Waals surface area contributed by atoms with E-state index in [1.165, 1.54) is 6.20 Å². The summed E-state index contributed by atoms with van der Waals surface area (Å²) in [7, 11) is 0. The van der Waals surface area contributed by atoms with Gasteiger partial charge in [-0.3, -0.25) is 4.98 Å². The minimum Gasteiger partial charge on any atom is -0.422 e. The van der Waals surface area contributed by atoms with E-state index in [0.717, 1.165) is 11.1 Å². The van der Waals surface area contributed by atoms with Gasteiger partial charge in [0.25, 0.3) is 0 Å². The van der Waals surface area contributed by atoms with Crippen LogP contribution in [0.1, 0.15) is 35.8 Å². The number of rotatable bonds is 3. The van der Waals surface area contributed by atoms with Crippen LogP contribution in [0.3, 0.4) is 0 Å². The third-order valence-corrected chi connectivity index (χ3v) is 3.39. The van der Waals surface area contributed by atoms with Gasteiger partial charge in [-0.25, -0.2) is 9.78 Å². The lowest BCUT2D eigenvalue weighted by atomic mass is 10.0. The summed E-state index contributed by atoms with van der Waals surface area (Å²) in [6.07, 6.45) is 1.44. The Bertz CT molecular complexity index is 828. The van der Waals surface area contributed by atoms with Crippen molar-refractivity contribution < 1.29 is 9.53 Å². The Labute approximate surface area is 128 Å². The first kappa shape index (κ1) is 14.2. The summed E-state index contributed by atoms with van der Waals surface area (Å²) in [4.78, 5) is 20.7. The highest BCUT2D eigenvalue weighted by Gasteiger charge is 2.12. The third-order valence-electron chi connectivity index (χ3n) is 3.39. The van der Waals surface area contributed by atoms with Crippen molar-refractivity contribution in [3.8, 4) is 5.75 Å². The predicted molar refractivity (Wildman–Crippen MR) is 85.0 cm³/mol. The molecule has 1 aromatic heterocycles. The van der Waals surface area contributed by atoms with Crippen molar-refractivity contribution in [2.75, 3.05) is 0 Å². The van der Waals surface area contributed by atoms with Gasteiger partial charge in [-0.05, 0) is 35.7 Å².